The number of nitrogens with zero attached hydrogens (tertiary/aromatic N) is 5. The van der Waals surface area contributed by atoms with Crippen LogP contribution in [-0.2, 0) is 5.75 Å². The molecule has 0 aliphatic carbocycles. The zero-order chi connectivity index (χ0) is 15.0. The third kappa shape index (κ3) is 3.03. The van der Waals surface area contributed by atoms with Gasteiger partial charge in [-0.2, -0.15) is 9.61 Å². The Balaban J connectivity index is 1.85. The third-order valence-corrected chi connectivity index (χ3v) is 4.54. The summed E-state index contributed by atoms with van der Waals surface area (Å²) in [7, 11) is 0. The minimum atomic E-state index is -0.166. The van der Waals surface area contributed by atoms with Crippen LogP contribution in [0.2, 0.25) is 0 Å². The van der Waals surface area contributed by atoms with E-state index in [4.69, 9.17) is 5.73 Å². The van der Waals surface area contributed by atoms with Gasteiger partial charge < -0.3 is 5.73 Å². The van der Waals surface area contributed by atoms with E-state index in [9.17, 15) is 4.79 Å². The van der Waals surface area contributed by atoms with E-state index in [1.807, 2.05) is 6.92 Å². The summed E-state index contributed by atoms with van der Waals surface area (Å²) in [6.07, 6.45) is 0. The lowest BCUT2D eigenvalue weighted by atomic mass is 10.4. The number of thioether (sulfide) groups is 1. The lowest BCUT2D eigenvalue weighted by Crippen LogP contribution is -2.14. The van der Waals surface area contributed by atoms with Crippen molar-refractivity contribution in [3.8, 4) is 0 Å². The molecule has 0 amide bonds. The van der Waals surface area contributed by atoms with Gasteiger partial charge in [-0.3, -0.25) is 4.79 Å². The fourth-order valence-electron chi connectivity index (χ4n) is 1.77. The second kappa shape index (κ2) is 5.41. The molecular weight excluding hydrogens is 308 g/mol. The van der Waals surface area contributed by atoms with E-state index in [0.29, 0.717) is 27.4 Å². The molecule has 0 atom stereocenters. The van der Waals surface area contributed by atoms with E-state index in [-0.39, 0.29) is 5.56 Å². The molecule has 7 nitrogen and oxygen atoms in total. The summed E-state index contributed by atoms with van der Waals surface area (Å²) in [4.78, 5) is 25.1. The number of hydrogen-bond acceptors (Lipinski definition) is 8. The molecular formula is C12H12N6OS2. The summed E-state index contributed by atoms with van der Waals surface area (Å²) < 4.78 is 1.32. The summed E-state index contributed by atoms with van der Waals surface area (Å²) in [5.41, 5.74) is 7.04. The first-order chi connectivity index (χ1) is 10.0. The van der Waals surface area contributed by atoms with Crippen LogP contribution in [-0.4, -0.2) is 24.6 Å². The maximum atomic E-state index is 11.8. The maximum Gasteiger partial charge on any atom is 0.275 e. The molecule has 21 heavy (non-hydrogen) atoms. The Kier molecular flexibility index (Phi) is 3.60. The van der Waals surface area contributed by atoms with Crippen LogP contribution < -0.4 is 11.3 Å². The van der Waals surface area contributed by atoms with Crippen molar-refractivity contribution in [1.29, 1.82) is 0 Å². The summed E-state index contributed by atoms with van der Waals surface area (Å²) in [6, 6.07) is 3.18. The average Bonchev–Trinajstić information content (AvgIpc) is 2.78. The molecule has 0 saturated heterocycles. The van der Waals surface area contributed by atoms with Crippen LogP contribution in [0, 0.1) is 13.8 Å². The molecule has 0 radical (unpaired) electrons. The minimum absolute atomic E-state index is 0.166. The zero-order valence-corrected chi connectivity index (χ0v) is 13.0. The van der Waals surface area contributed by atoms with Gasteiger partial charge in [-0.05, 0) is 13.8 Å². The molecule has 0 spiro atoms. The normalized spacial score (nSPS) is 11.1. The number of rotatable bonds is 3. The molecule has 0 bridgehead atoms. The van der Waals surface area contributed by atoms with Gasteiger partial charge >= 0.3 is 0 Å². The first-order valence-corrected chi connectivity index (χ1v) is 7.92. The molecule has 2 N–H and O–H groups in total. The molecule has 0 aliphatic rings. The van der Waals surface area contributed by atoms with Crippen LogP contribution >= 0.6 is 23.1 Å². The van der Waals surface area contributed by atoms with Gasteiger partial charge in [-0.15, -0.1) is 0 Å². The first-order valence-electron chi connectivity index (χ1n) is 6.11. The van der Waals surface area contributed by atoms with Gasteiger partial charge in [0.15, 0.2) is 5.16 Å². The Hall–Kier alpha value is -2.00. The van der Waals surface area contributed by atoms with Crippen LogP contribution in [0.3, 0.4) is 0 Å². The monoisotopic (exact) mass is 320 g/mol. The predicted molar refractivity (Wildman–Crippen MR) is 82.6 cm³/mol. The molecule has 108 valence electrons. The van der Waals surface area contributed by atoms with E-state index in [1.54, 1.807) is 13.0 Å². The van der Waals surface area contributed by atoms with Gasteiger partial charge in [0.1, 0.15) is 10.8 Å². The highest BCUT2D eigenvalue weighted by Gasteiger charge is 2.09. The smallest absolute Gasteiger partial charge is 0.275 e. The third-order valence-electron chi connectivity index (χ3n) is 2.59. The zero-order valence-electron chi connectivity index (χ0n) is 11.4. The van der Waals surface area contributed by atoms with Crippen molar-refractivity contribution in [3.05, 3.63) is 38.9 Å². The van der Waals surface area contributed by atoms with Crippen LogP contribution in [0.5, 0.6) is 0 Å². The molecule has 0 saturated carbocycles. The van der Waals surface area contributed by atoms with Gasteiger partial charge in [-0.1, -0.05) is 23.1 Å². The number of nitrogen functional groups attached to an aromatic ring is 1. The highest BCUT2D eigenvalue weighted by Crippen LogP contribution is 2.23. The minimum Gasteiger partial charge on any atom is -0.384 e. The highest BCUT2D eigenvalue weighted by molar-refractivity contribution is 7.98. The van der Waals surface area contributed by atoms with Gasteiger partial charge in [0.25, 0.3) is 5.56 Å². The number of aryl methyl sites for hydroxylation is 2. The van der Waals surface area contributed by atoms with Crippen LogP contribution in [0.15, 0.2) is 22.1 Å². The largest absolute Gasteiger partial charge is 0.384 e. The summed E-state index contributed by atoms with van der Waals surface area (Å²) in [5.74, 6) is 1.01. The van der Waals surface area contributed by atoms with Crippen LogP contribution in [0.4, 0.5) is 5.82 Å². The van der Waals surface area contributed by atoms with Crippen molar-refractivity contribution < 1.29 is 0 Å². The quantitative estimate of drug-likeness (QED) is 0.575. The lowest BCUT2D eigenvalue weighted by Gasteiger charge is -2.00. The summed E-state index contributed by atoms with van der Waals surface area (Å²) in [5, 5.41) is 5.66. The maximum absolute atomic E-state index is 11.8. The van der Waals surface area contributed by atoms with Gasteiger partial charge in [0.2, 0.25) is 4.96 Å². The fraction of sp³-hybridized carbons (Fsp3) is 0.250. The predicted octanol–water partition coefficient (Wildman–Crippen LogP) is 1.43. The van der Waals surface area contributed by atoms with Gasteiger partial charge in [0.05, 0.1) is 5.75 Å². The molecule has 3 aromatic heterocycles. The highest BCUT2D eigenvalue weighted by atomic mass is 32.2. The molecule has 9 heteroatoms. The van der Waals surface area contributed by atoms with Crippen LogP contribution in [0.25, 0.3) is 4.96 Å². The molecule has 0 unspecified atom stereocenters. The molecule has 3 rings (SSSR count). The van der Waals surface area contributed by atoms with Gasteiger partial charge in [-0.25, -0.2) is 15.0 Å². The molecule has 0 aliphatic heterocycles. The Morgan fingerprint density at radius 1 is 1.24 bits per heavy atom. The van der Waals surface area contributed by atoms with Crippen molar-refractivity contribution in [2.24, 2.45) is 0 Å². The Morgan fingerprint density at radius 3 is 2.76 bits per heavy atom. The Bertz CT molecular complexity index is 852. The SMILES string of the molecule is Cc1cc(N)nc(SCc2nn3c(=O)cc(C)nc3s2)n1. The van der Waals surface area contributed by atoms with E-state index < -0.39 is 0 Å². The fourth-order valence-corrected chi connectivity index (χ4v) is 3.62. The molecule has 0 fully saturated rings. The second-order valence-corrected chi connectivity index (χ2v) is 6.41. The summed E-state index contributed by atoms with van der Waals surface area (Å²) in [6.45, 7) is 3.66. The molecule has 3 aromatic rings. The second-order valence-electron chi connectivity index (χ2n) is 4.43. The Labute approximate surface area is 128 Å². The van der Waals surface area contributed by atoms with E-state index in [1.165, 1.54) is 33.7 Å². The van der Waals surface area contributed by atoms with Crippen molar-refractivity contribution >= 4 is 33.9 Å². The van der Waals surface area contributed by atoms with Gasteiger partial charge in [0, 0.05) is 23.5 Å². The van der Waals surface area contributed by atoms with Crippen molar-refractivity contribution in [1.82, 2.24) is 24.6 Å². The number of anilines is 1. The molecule has 3 heterocycles. The molecule has 0 aromatic carbocycles. The number of aromatic nitrogens is 5. The Morgan fingerprint density at radius 2 is 2.00 bits per heavy atom. The van der Waals surface area contributed by atoms with Crippen molar-refractivity contribution in [2.75, 3.05) is 5.73 Å². The summed E-state index contributed by atoms with van der Waals surface area (Å²) >= 11 is 2.82. The number of nitrogens with two attached hydrogens (primary N) is 1. The topological polar surface area (TPSA) is 99.1 Å². The average molecular weight is 320 g/mol. The van der Waals surface area contributed by atoms with E-state index in [2.05, 4.69) is 20.1 Å². The first kappa shape index (κ1) is 14.0. The standard InChI is InChI=1S/C12H12N6OS2/c1-6-3-8(13)16-11(14-6)20-5-9-17-18-10(19)4-7(2)15-12(18)21-9/h3-4H,5H2,1-2H3,(H2,13,14,16). The number of fused-ring (bicyclic) bond motifs is 1. The van der Waals surface area contributed by atoms with Crippen LogP contribution in [0.1, 0.15) is 16.4 Å². The van der Waals surface area contributed by atoms with Crippen molar-refractivity contribution in [2.45, 2.75) is 24.8 Å². The van der Waals surface area contributed by atoms with E-state index >= 15 is 0 Å². The van der Waals surface area contributed by atoms with E-state index in [0.717, 1.165) is 10.7 Å². The van der Waals surface area contributed by atoms with Crippen molar-refractivity contribution in [3.63, 3.8) is 0 Å². The number of hydrogen-bond donors (Lipinski definition) is 1. The lowest BCUT2D eigenvalue weighted by molar-refractivity contribution is 0.869.